The average molecular weight is 324 g/mol. The fourth-order valence-electron chi connectivity index (χ4n) is 5.76. The first-order chi connectivity index (χ1) is 11.5. The molecule has 24 heavy (non-hydrogen) atoms. The molecule has 4 atom stereocenters. The molecule has 2 saturated carbocycles. The van der Waals surface area contributed by atoms with E-state index in [1.807, 2.05) is 0 Å². The van der Waals surface area contributed by atoms with Gasteiger partial charge in [0.05, 0.1) is 5.60 Å². The SMILES string of the molecule is Cc1cccc2[nH]cc(CCC(=O)N3C4CC5CC(O)(C4)CC53)c12. The number of amides is 1. The van der Waals surface area contributed by atoms with E-state index in [0.29, 0.717) is 18.4 Å². The van der Waals surface area contributed by atoms with E-state index < -0.39 is 5.60 Å². The Hall–Kier alpha value is -1.81. The Balaban J connectivity index is 1.33. The van der Waals surface area contributed by atoms with Crippen LogP contribution in [0.15, 0.2) is 24.4 Å². The number of aromatic amines is 1. The largest absolute Gasteiger partial charge is 0.390 e. The third-order valence-corrected chi connectivity index (χ3v) is 6.61. The Kier molecular flexibility index (Phi) is 2.94. The van der Waals surface area contributed by atoms with Crippen LogP contribution < -0.4 is 0 Å². The molecule has 0 radical (unpaired) electrons. The van der Waals surface area contributed by atoms with Gasteiger partial charge in [-0.25, -0.2) is 0 Å². The van der Waals surface area contributed by atoms with Gasteiger partial charge in [-0.1, -0.05) is 12.1 Å². The van der Waals surface area contributed by atoms with Crippen molar-refractivity contribution < 1.29 is 9.90 Å². The van der Waals surface area contributed by atoms with E-state index in [1.54, 1.807) is 0 Å². The van der Waals surface area contributed by atoms with Crippen LogP contribution >= 0.6 is 0 Å². The molecule has 1 aromatic carbocycles. The number of hydrogen-bond acceptors (Lipinski definition) is 2. The Morgan fingerprint density at radius 3 is 3.08 bits per heavy atom. The molecule has 126 valence electrons. The van der Waals surface area contributed by atoms with Crippen molar-refractivity contribution in [3.05, 3.63) is 35.5 Å². The number of carbonyl (C=O) groups excluding carboxylic acids is 1. The second-order valence-electron chi connectivity index (χ2n) is 8.17. The lowest BCUT2D eigenvalue weighted by Gasteiger charge is -2.40. The summed E-state index contributed by atoms with van der Waals surface area (Å²) in [6.07, 6.45) is 7.00. The lowest BCUT2D eigenvalue weighted by Crippen LogP contribution is -2.50. The van der Waals surface area contributed by atoms with Gasteiger partial charge in [-0.05, 0) is 62.1 Å². The van der Waals surface area contributed by atoms with Crippen molar-refractivity contribution >= 4 is 16.8 Å². The van der Waals surface area contributed by atoms with E-state index in [4.69, 9.17) is 0 Å². The van der Waals surface area contributed by atoms with Crippen molar-refractivity contribution in [2.24, 2.45) is 5.92 Å². The number of H-pyrrole nitrogens is 1. The number of carbonyl (C=O) groups is 1. The summed E-state index contributed by atoms with van der Waals surface area (Å²) in [5.74, 6) is 0.812. The monoisotopic (exact) mass is 324 g/mol. The summed E-state index contributed by atoms with van der Waals surface area (Å²) in [5, 5.41) is 11.8. The van der Waals surface area contributed by atoms with Gasteiger partial charge in [0.2, 0.25) is 5.91 Å². The second-order valence-corrected chi connectivity index (χ2v) is 8.17. The molecule has 3 heterocycles. The van der Waals surface area contributed by atoms with Crippen molar-refractivity contribution in [2.45, 2.75) is 63.1 Å². The van der Waals surface area contributed by atoms with Gasteiger partial charge in [0.1, 0.15) is 0 Å². The van der Waals surface area contributed by atoms with Crippen LogP contribution in [0.1, 0.15) is 43.2 Å². The van der Waals surface area contributed by atoms with Gasteiger partial charge in [-0.2, -0.15) is 0 Å². The Labute approximate surface area is 141 Å². The molecule has 2 N–H and O–H groups in total. The van der Waals surface area contributed by atoms with E-state index in [0.717, 1.165) is 37.6 Å². The first-order valence-corrected chi connectivity index (χ1v) is 9.13. The van der Waals surface area contributed by atoms with Gasteiger partial charge in [0.25, 0.3) is 0 Å². The lowest BCUT2D eigenvalue weighted by atomic mass is 9.83. The standard InChI is InChI=1S/C20H24N2O2/c1-12-3-2-4-16-19(12)13(11-21-16)5-6-18(23)22-15-7-14-8-20(24,9-15)10-17(14)22/h2-4,11,14-15,17,21,24H,5-10H2,1H3. The number of rotatable bonds is 3. The van der Waals surface area contributed by atoms with Crippen LogP contribution in [0, 0.1) is 12.8 Å². The molecule has 4 unspecified atom stereocenters. The van der Waals surface area contributed by atoms with Crippen LogP contribution in [-0.2, 0) is 11.2 Å². The second kappa shape index (κ2) is 4.85. The number of hydrogen-bond donors (Lipinski definition) is 2. The summed E-state index contributed by atoms with van der Waals surface area (Å²) in [6.45, 7) is 2.13. The summed E-state index contributed by atoms with van der Waals surface area (Å²) >= 11 is 0. The van der Waals surface area contributed by atoms with Crippen molar-refractivity contribution in [1.82, 2.24) is 9.88 Å². The molecule has 2 aliphatic carbocycles. The molecule has 0 spiro atoms. The number of nitrogens with zero attached hydrogens (tertiary/aromatic N) is 1. The number of nitrogens with one attached hydrogen (secondary N) is 1. The van der Waals surface area contributed by atoms with E-state index in [2.05, 4.69) is 41.2 Å². The predicted octanol–water partition coefficient (Wildman–Crippen LogP) is 2.92. The summed E-state index contributed by atoms with van der Waals surface area (Å²) in [4.78, 5) is 18.3. The molecule has 1 amide bonds. The number of aromatic nitrogens is 1. The van der Waals surface area contributed by atoms with Gasteiger partial charge < -0.3 is 15.0 Å². The zero-order valence-corrected chi connectivity index (χ0v) is 14.1. The molecule has 2 saturated heterocycles. The van der Waals surface area contributed by atoms with Crippen molar-refractivity contribution in [1.29, 1.82) is 0 Å². The maximum Gasteiger partial charge on any atom is 0.223 e. The van der Waals surface area contributed by atoms with Crippen LogP contribution in [0.4, 0.5) is 0 Å². The molecule has 2 aliphatic heterocycles. The number of piperidine rings is 1. The highest BCUT2D eigenvalue weighted by Gasteiger charge is 2.60. The minimum atomic E-state index is -0.469. The fourth-order valence-corrected chi connectivity index (χ4v) is 5.76. The van der Waals surface area contributed by atoms with Crippen molar-refractivity contribution in [2.75, 3.05) is 0 Å². The molecular formula is C20H24N2O2. The van der Waals surface area contributed by atoms with Crippen LogP contribution in [-0.4, -0.2) is 38.6 Å². The zero-order valence-electron chi connectivity index (χ0n) is 14.1. The van der Waals surface area contributed by atoms with Crippen molar-refractivity contribution in [3.63, 3.8) is 0 Å². The summed E-state index contributed by atoms with van der Waals surface area (Å²) in [5.41, 5.74) is 3.18. The van der Waals surface area contributed by atoms with Gasteiger partial charge >= 0.3 is 0 Å². The van der Waals surface area contributed by atoms with E-state index in [9.17, 15) is 9.90 Å². The highest BCUT2D eigenvalue weighted by molar-refractivity contribution is 5.87. The van der Waals surface area contributed by atoms with Crippen LogP contribution in [0.2, 0.25) is 0 Å². The normalized spacial score (nSPS) is 33.8. The number of benzene rings is 1. The maximum atomic E-state index is 12.9. The fraction of sp³-hybridized carbons (Fsp3) is 0.550. The number of aryl methyl sites for hydroxylation is 2. The Morgan fingerprint density at radius 1 is 1.38 bits per heavy atom. The predicted molar refractivity (Wildman–Crippen MR) is 92.7 cm³/mol. The third kappa shape index (κ3) is 1.99. The first kappa shape index (κ1) is 14.5. The number of fused-ring (bicyclic) bond motifs is 1. The van der Waals surface area contributed by atoms with Crippen LogP contribution in [0.25, 0.3) is 10.9 Å². The van der Waals surface area contributed by atoms with E-state index >= 15 is 0 Å². The van der Waals surface area contributed by atoms with Gasteiger partial charge in [0.15, 0.2) is 0 Å². The van der Waals surface area contributed by atoms with Crippen LogP contribution in [0.5, 0.6) is 0 Å². The zero-order chi connectivity index (χ0) is 16.5. The topological polar surface area (TPSA) is 56.3 Å². The minimum absolute atomic E-state index is 0.277. The van der Waals surface area contributed by atoms with Crippen molar-refractivity contribution in [3.8, 4) is 0 Å². The highest BCUT2D eigenvalue weighted by atomic mass is 16.3. The smallest absolute Gasteiger partial charge is 0.223 e. The molecule has 4 nitrogen and oxygen atoms in total. The molecule has 4 heteroatoms. The van der Waals surface area contributed by atoms with Crippen LogP contribution in [0.3, 0.4) is 0 Å². The highest BCUT2D eigenvalue weighted by Crippen LogP contribution is 2.55. The molecule has 4 aliphatic rings. The third-order valence-electron chi connectivity index (χ3n) is 6.61. The first-order valence-electron chi connectivity index (χ1n) is 9.13. The van der Waals surface area contributed by atoms with Gasteiger partial charge in [0, 0.05) is 35.6 Å². The molecule has 4 bridgehead atoms. The quantitative estimate of drug-likeness (QED) is 0.912. The lowest BCUT2D eigenvalue weighted by molar-refractivity contribution is -0.138. The minimum Gasteiger partial charge on any atom is -0.390 e. The van der Waals surface area contributed by atoms with Gasteiger partial charge in [-0.3, -0.25) is 4.79 Å². The molecule has 1 aromatic heterocycles. The van der Waals surface area contributed by atoms with Gasteiger partial charge in [-0.15, -0.1) is 0 Å². The molecular weight excluding hydrogens is 300 g/mol. The molecule has 2 aromatic rings. The average Bonchev–Trinajstić information content (AvgIpc) is 3.12. The molecule has 4 fully saturated rings. The van der Waals surface area contributed by atoms with E-state index in [-0.39, 0.29) is 11.9 Å². The number of aliphatic hydroxyl groups is 1. The molecule has 6 rings (SSSR count). The summed E-state index contributed by atoms with van der Waals surface area (Å²) in [7, 11) is 0. The summed E-state index contributed by atoms with van der Waals surface area (Å²) < 4.78 is 0. The Bertz CT molecular complexity index is 822. The maximum absolute atomic E-state index is 12.9. The van der Waals surface area contributed by atoms with E-state index in [1.165, 1.54) is 16.5 Å². The Morgan fingerprint density at radius 2 is 2.25 bits per heavy atom. The summed E-state index contributed by atoms with van der Waals surface area (Å²) in [6, 6.07) is 6.86.